The SMILES string of the molecule is CC1CCC(C(=O)Nc2ccnc(C(=O)N3CC4CC[C@@H](C3)NC4)c2)O1. The molecule has 4 saturated heterocycles. The molecule has 4 aliphatic heterocycles. The van der Waals surface area contributed by atoms with Crippen molar-refractivity contribution in [2.24, 2.45) is 5.92 Å². The maximum absolute atomic E-state index is 12.9. The van der Waals surface area contributed by atoms with Gasteiger partial charge >= 0.3 is 0 Å². The first-order chi connectivity index (χ1) is 12.6. The third-order valence-electron chi connectivity index (χ3n) is 5.60. The smallest absolute Gasteiger partial charge is 0.272 e. The predicted octanol–water partition coefficient (Wildman–Crippen LogP) is 1.41. The van der Waals surface area contributed by atoms with Crippen LogP contribution in [0.2, 0.25) is 0 Å². The van der Waals surface area contributed by atoms with E-state index in [-0.39, 0.29) is 17.9 Å². The molecule has 5 rings (SSSR count). The molecular weight excluding hydrogens is 332 g/mol. The fraction of sp³-hybridized carbons (Fsp3) is 0.632. The number of nitrogens with zero attached hydrogens (tertiary/aromatic N) is 2. The van der Waals surface area contributed by atoms with Gasteiger partial charge in [-0.15, -0.1) is 0 Å². The van der Waals surface area contributed by atoms with Gasteiger partial charge in [0.1, 0.15) is 11.8 Å². The predicted molar refractivity (Wildman–Crippen MR) is 96.9 cm³/mol. The molecule has 0 saturated carbocycles. The van der Waals surface area contributed by atoms with Gasteiger partial charge in [0, 0.05) is 31.0 Å². The number of pyridine rings is 1. The number of amides is 2. The molecule has 4 atom stereocenters. The number of rotatable bonds is 3. The first-order valence-electron chi connectivity index (χ1n) is 9.53. The van der Waals surface area contributed by atoms with Crippen LogP contribution in [0.25, 0.3) is 0 Å². The fourth-order valence-corrected chi connectivity index (χ4v) is 4.11. The van der Waals surface area contributed by atoms with Crippen molar-refractivity contribution in [2.45, 2.75) is 50.9 Å². The molecule has 0 spiro atoms. The highest BCUT2D eigenvalue weighted by atomic mass is 16.5. The minimum absolute atomic E-state index is 0.0626. The number of anilines is 1. The van der Waals surface area contributed by atoms with Gasteiger partial charge in [0.15, 0.2) is 0 Å². The molecule has 140 valence electrons. The van der Waals surface area contributed by atoms with Gasteiger partial charge in [-0.2, -0.15) is 0 Å². The van der Waals surface area contributed by atoms with Gasteiger partial charge in [-0.3, -0.25) is 14.6 Å². The highest BCUT2D eigenvalue weighted by Crippen LogP contribution is 2.23. The molecule has 3 unspecified atom stereocenters. The van der Waals surface area contributed by atoms with E-state index in [0.717, 1.165) is 38.9 Å². The van der Waals surface area contributed by atoms with Crippen molar-refractivity contribution in [1.29, 1.82) is 0 Å². The van der Waals surface area contributed by atoms with Gasteiger partial charge in [-0.1, -0.05) is 0 Å². The number of ether oxygens (including phenoxy) is 1. The highest BCUT2D eigenvalue weighted by molar-refractivity contribution is 5.97. The maximum atomic E-state index is 12.9. The summed E-state index contributed by atoms with van der Waals surface area (Å²) in [7, 11) is 0. The highest BCUT2D eigenvalue weighted by Gasteiger charge is 2.32. The lowest BCUT2D eigenvalue weighted by Gasteiger charge is -2.23. The number of aromatic nitrogens is 1. The molecule has 1 aromatic rings. The third kappa shape index (κ3) is 3.73. The molecule has 4 fully saturated rings. The standard InChI is InChI=1S/C19H26N4O3/c1-12-2-5-17(26-12)18(24)22-14-6-7-20-16(8-14)19(25)23-10-13-3-4-15(11-23)21-9-13/h6-8,12-13,15,17,21H,2-5,9-11H2,1H3,(H,20,22,24)/t12?,13?,15-,17?/m0/s1. The monoisotopic (exact) mass is 358 g/mol. The van der Waals surface area contributed by atoms with Crippen molar-refractivity contribution >= 4 is 17.5 Å². The van der Waals surface area contributed by atoms with Crippen LogP contribution in [-0.2, 0) is 9.53 Å². The van der Waals surface area contributed by atoms with E-state index in [4.69, 9.17) is 4.74 Å². The van der Waals surface area contributed by atoms with E-state index in [1.165, 1.54) is 6.42 Å². The summed E-state index contributed by atoms with van der Waals surface area (Å²) in [5, 5.41) is 6.36. The summed E-state index contributed by atoms with van der Waals surface area (Å²) >= 11 is 0. The quantitative estimate of drug-likeness (QED) is 0.854. The van der Waals surface area contributed by atoms with Crippen LogP contribution < -0.4 is 10.6 Å². The van der Waals surface area contributed by atoms with Crippen LogP contribution in [-0.4, -0.2) is 59.6 Å². The molecular formula is C19H26N4O3. The number of hydrogen-bond donors (Lipinski definition) is 2. The van der Waals surface area contributed by atoms with E-state index in [1.54, 1.807) is 18.3 Å². The molecule has 1 aromatic heterocycles. The molecule has 7 heteroatoms. The number of fused-ring (bicyclic) bond motifs is 4. The summed E-state index contributed by atoms with van der Waals surface area (Å²) in [5.74, 6) is 0.297. The minimum atomic E-state index is -0.412. The first-order valence-corrected chi connectivity index (χ1v) is 9.53. The molecule has 0 aliphatic carbocycles. The molecule has 4 aliphatic rings. The van der Waals surface area contributed by atoms with E-state index in [1.807, 2.05) is 11.8 Å². The summed E-state index contributed by atoms with van der Waals surface area (Å²) in [5.41, 5.74) is 0.970. The van der Waals surface area contributed by atoms with Crippen molar-refractivity contribution in [1.82, 2.24) is 15.2 Å². The summed E-state index contributed by atoms with van der Waals surface area (Å²) in [6, 6.07) is 3.75. The topological polar surface area (TPSA) is 83.6 Å². The molecule has 26 heavy (non-hydrogen) atoms. The second-order valence-corrected chi connectivity index (χ2v) is 7.69. The van der Waals surface area contributed by atoms with E-state index >= 15 is 0 Å². The van der Waals surface area contributed by atoms with Gasteiger partial charge in [-0.05, 0) is 57.2 Å². The van der Waals surface area contributed by atoms with Crippen LogP contribution in [0, 0.1) is 5.92 Å². The minimum Gasteiger partial charge on any atom is -0.365 e. The summed E-state index contributed by atoms with van der Waals surface area (Å²) in [6.07, 6.45) is 5.20. The van der Waals surface area contributed by atoms with Gasteiger partial charge < -0.3 is 20.3 Å². The van der Waals surface area contributed by atoms with Crippen molar-refractivity contribution < 1.29 is 14.3 Å². The van der Waals surface area contributed by atoms with Gasteiger partial charge in [0.25, 0.3) is 11.8 Å². The number of piperidine rings is 1. The third-order valence-corrected chi connectivity index (χ3v) is 5.60. The van der Waals surface area contributed by atoms with E-state index in [2.05, 4.69) is 15.6 Å². The number of nitrogens with one attached hydrogen (secondary N) is 2. The largest absolute Gasteiger partial charge is 0.365 e. The number of hydrogen-bond acceptors (Lipinski definition) is 5. The molecule has 5 heterocycles. The zero-order chi connectivity index (χ0) is 18.1. The Labute approximate surface area is 153 Å². The summed E-state index contributed by atoms with van der Waals surface area (Å²) < 4.78 is 5.60. The summed E-state index contributed by atoms with van der Waals surface area (Å²) in [6.45, 7) is 4.45. The molecule has 2 bridgehead atoms. The van der Waals surface area contributed by atoms with E-state index in [0.29, 0.717) is 23.3 Å². The van der Waals surface area contributed by atoms with Gasteiger partial charge in [0.2, 0.25) is 0 Å². The molecule has 0 aromatic carbocycles. The van der Waals surface area contributed by atoms with Crippen LogP contribution in [0.15, 0.2) is 18.3 Å². The van der Waals surface area contributed by atoms with E-state index in [9.17, 15) is 9.59 Å². The lowest BCUT2D eigenvalue weighted by atomic mass is 9.97. The molecule has 0 radical (unpaired) electrons. The summed E-state index contributed by atoms with van der Waals surface area (Å²) in [4.78, 5) is 31.4. The zero-order valence-corrected chi connectivity index (χ0v) is 15.1. The Balaban J connectivity index is 1.43. The molecule has 2 amide bonds. The second-order valence-electron chi connectivity index (χ2n) is 7.69. The van der Waals surface area contributed by atoms with Crippen LogP contribution in [0.1, 0.15) is 43.1 Å². The van der Waals surface area contributed by atoms with Crippen molar-refractivity contribution in [3.8, 4) is 0 Å². The van der Waals surface area contributed by atoms with Crippen LogP contribution in [0.3, 0.4) is 0 Å². The Morgan fingerprint density at radius 2 is 2.15 bits per heavy atom. The Kier molecular flexibility index (Phi) is 4.91. The second kappa shape index (κ2) is 7.32. The number of carbonyl (C=O) groups is 2. The van der Waals surface area contributed by atoms with Crippen molar-refractivity contribution in [2.75, 3.05) is 25.0 Å². The normalized spacial score (nSPS) is 30.9. The van der Waals surface area contributed by atoms with E-state index < -0.39 is 6.10 Å². The molecule has 7 nitrogen and oxygen atoms in total. The zero-order valence-electron chi connectivity index (χ0n) is 15.1. The van der Waals surface area contributed by atoms with Gasteiger partial charge in [-0.25, -0.2) is 0 Å². The molecule has 2 N–H and O–H groups in total. The maximum Gasteiger partial charge on any atom is 0.272 e. The average Bonchev–Trinajstić information content (AvgIpc) is 2.87. The first kappa shape index (κ1) is 17.4. The van der Waals surface area contributed by atoms with Gasteiger partial charge in [0.05, 0.1) is 6.10 Å². The Hall–Kier alpha value is -1.99. The lowest BCUT2D eigenvalue weighted by Crippen LogP contribution is -2.40. The Morgan fingerprint density at radius 3 is 2.88 bits per heavy atom. The van der Waals surface area contributed by atoms with Crippen molar-refractivity contribution in [3.05, 3.63) is 24.0 Å². The van der Waals surface area contributed by atoms with Crippen LogP contribution in [0.4, 0.5) is 5.69 Å². The van der Waals surface area contributed by atoms with Crippen LogP contribution >= 0.6 is 0 Å². The van der Waals surface area contributed by atoms with Crippen molar-refractivity contribution in [3.63, 3.8) is 0 Å². The Bertz CT molecular complexity index is 673. The number of carbonyl (C=O) groups excluding carboxylic acids is 2. The lowest BCUT2D eigenvalue weighted by molar-refractivity contribution is -0.126. The fourth-order valence-electron chi connectivity index (χ4n) is 4.11. The van der Waals surface area contributed by atoms with Crippen LogP contribution in [0.5, 0.6) is 0 Å². The Morgan fingerprint density at radius 1 is 1.27 bits per heavy atom. The average molecular weight is 358 g/mol.